The summed E-state index contributed by atoms with van der Waals surface area (Å²) in [5.41, 5.74) is 2.71. The standard InChI is InChI=1S/C32H30Cl2N2O7S2/c1-3-41-24-14-18(10-12-23(24)43-17-19-9-11-21(33)22(34)13-19)15-26-30(38)36(32(40)45-26)16-27(37)35-29-28(31(39)42-4-2)20-7-5-6-8-25(20)44-29/h9-15H,3-8,16-17H2,1-2H3,(H,35,37)/b26-15+. The van der Waals surface area contributed by atoms with Crippen molar-refractivity contribution in [2.75, 3.05) is 25.1 Å². The van der Waals surface area contributed by atoms with Crippen molar-refractivity contribution < 1.29 is 33.4 Å². The Hall–Kier alpha value is -3.51. The van der Waals surface area contributed by atoms with Gasteiger partial charge in [0.1, 0.15) is 18.2 Å². The number of ether oxygens (including phenoxy) is 3. The Labute approximate surface area is 278 Å². The summed E-state index contributed by atoms with van der Waals surface area (Å²) in [7, 11) is 0. The fourth-order valence-corrected chi connectivity index (χ4v) is 7.42. The van der Waals surface area contributed by atoms with Gasteiger partial charge in [-0.3, -0.25) is 19.3 Å². The fourth-order valence-electron chi connectivity index (χ4n) is 4.96. The molecule has 5 rings (SSSR count). The molecule has 236 valence electrons. The molecule has 2 aromatic carbocycles. The van der Waals surface area contributed by atoms with Gasteiger partial charge in [-0.1, -0.05) is 35.3 Å². The first-order valence-electron chi connectivity index (χ1n) is 14.4. The monoisotopic (exact) mass is 688 g/mol. The Balaban J connectivity index is 1.27. The van der Waals surface area contributed by atoms with Crippen LogP contribution < -0.4 is 14.8 Å². The highest BCUT2D eigenvalue weighted by Gasteiger charge is 2.37. The van der Waals surface area contributed by atoms with Crippen molar-refractivity contribution in [3.05, 3.63) is 78.5 Å². The number of benzene rings is 2. The van der Waals surface area contributed by atoms with Gasteiger partial charge in [0.25, 0.3) is 11.1 Å². The molecule has 0 unspecified atom stereocenters. The molecule has 1 N–H and O–H groups in total. The molecule has 9 nitrogen and oxygen atoms in total. The van der Waals surface area contributed by atoms with Crippen molar-refractivity contribution in [2.24, 2.45) is 0 Å². The zero-order chi connectivity index (χ0) is 32.1. The highest BCUT2D eigenvalue weighted by Crippen LogP contribution is 2.39. The Morgan fingerprint density at radius 3 is 2.53 bits per heavy atom. The van der Waals surface area contributed by atoms with E-state index in [0.29, 0.717) is 44.3 Å². The third-order valence-electron chi connectivity index (χ3n) is 7.02. The van der Waals surface area contributed by atoms with Crippen molar-refractivity contribution in [3.8, 4) is 11.5 Å². The van der Waals surface area contributed by atoms with Crippen LogP contribution in [-0.2, 0) is 33.8 Å². The number of carbonyl (C=O) groups is 4. The number of amides is 3. The van der Waals surface area contributed by atoms with Crippen molar-refractivity contribution >= 4 is 80.4 Å². The molecule has 45 heavy (non-hydrogen) atoms. The van der Waals surface area contributed by atoms with Gasteiger partial charge in [0.2, 0.25) is 5.91 Å². The number of hydrogen-bond acceptors (Lipinski definition) is 9. The van der Waals surface area contributed by atoms with Gasteiger partial charge in [-0.15, -0.1) is 11.3 Å². The van der Waals surface area contributed by atoms with E-state index in [9.17, 15) is 19.2 Å². The molecule has 1 aliphatic carbocycles. The minimum Gasteiger partial charge on any atom is -0.490 e. The summed E-state index contributed by atoms with van der Waals surface area (Å²) in [4.78, 5) is 53.9. The molecule has 1 fully saturated rings. The molecule has 2 aliphatic rings. The van der Waals surface area contributed by atoms with Gasteiger partial charge in [0, 0.05) is 4.88 Å². The van der Waals surface area contributed by atoms with Gasteiger partial charge < -0.3 is 19.5 Å². The predicted octanol–water partition coefficient (Wildman–Crippen LogP) is 7.76. The number of halogens is 2. The molecule has 1 saturated heterocycles. The number of nitrogens with zero attached hydrogens (tertiary/aromatic N) is 1. The normalized spacial score (nSPS) is 15.3. The minimum absolute atomic E-state index is 0.165. The molecule has 3 amide bonds. The second kappa shape index (κ2) is 14.7. The lowest BCUT2D eigenvalue weighted by atomic mass is 9.95. The van der Waals surface area contributed by atoms with Crippen LogP contribution in [0.1, 0.15) is 58.6 Å². The molecule has 2 heterocycles. The average Bonchev–Trinajstić information content (AvgIpc) is 3.50. The van der Waals surface area contributed by atoms with Crippen LogP contribution in [-0.4, -0.2) is 47.7 Å². The van der Waals surface area contributed by atoms with Crippen molar-refractivity contribution in [3.63, 3.8) is 0 Å². The van der Waals surface area contributed by atoms with Crippen molar-refractivity contribution in [1.29, 1.82) is 0 Å². The summed E-state index contributed by atoms with van der Waals surface area (Å²) in [5.74, 6) is -0.708. The molecule has 0 spiro atoms. The summed E-state index contributed by atoms with van der Waals surface area (Å²) in [5, 5.41) is 3.46. The van der Waals surface area contributed by atoms with Crippen LogP contribution in [0.15, 0.2) is 41.3 Å². The quantitative estimate of drug-likeness (QED) is 0.161. The van der Waals surface area contributed by atoms with E-state index in [4.69, 9.17) is 37.4 Å². The largest absolute Gasteiger partial charge is 0.490 e. The van der Waals surface area contributed by atoms with Gasteiger partial charge in [0.05, 0.1) is 33.7 Å². The Morgan fingerprint density at radius 2 is 1.78 bits per heavy atom. The highest BCUT2D eigenvalue weighted by molar-refractivity contribution is 8.18. The Bertz CT molecular complexity index is 1690. The maximum Gasteiger partial charge on any atom is 0.341 e. The SMILES string of the molecule is CCOC(=O)c1c(NC(=O)CN2C(=O)S/C(=C/c3ccc(OCc4ccc(Cl)c(Cl)c4)c(OCC)c3)C2=O)sc2c1CCCC2. The first-order chi connectivity index (χ1) is 21.7. The van der Waals surface area contributed by atoms with E-state index < -0.39 is 29.6 Å². The summed E-state index contributed by atoms with van der Waals surface area (Å²) in [6.07, 6.45) is 5.09. The zero-order valence-electron chi connectivity index (χ0n) is 24.6. The first kappa shape index (κ1) is 32.9. The molecular weight excluding hydrogens is 659 g/mol. The van der Waals surface area contributed by atoms with Crippen LogP contribution >= 0.6 is 46.3 Å². The minimum atomic E-state index is -0.589. The maximum atomic E-state index is 13.2. The van der Waals surface area contributed by atoms with Crippen molar-refractivity contribution in [2.45, 2.75) is 46.1 Å². The average molecular weight is 690 g/mol. The lowest BCUT2D eigenvalue weighted by Crippen LogP contribution is -2.36. The lowest BCUT2D eigenvalue weighted by molar-refractivity contribution is -0.127. The smallest absolute Gasteiger partial charge is 0.341 e. The van der Waals surface area contributed by atoms with Gasteiger partial charge in [-0.25, -0.2) is 4.79 Å². The number of aryl methyl sites for hydroxylation is 1. The number of imide groups is 1. The van der Waals surface area contributed by atoms with Gasteiger partial charge in [0.15, 0.2) is 11.5 Å². The van der Waals surface area contributed by atoms with E-state index in [1.165, 1.54) is 11.3 Å². The summed E-state index contributed by atoms with van der Waals surface area (Å²) in [6.45, 7) is 3.89. The number of hydrogen-bond donors (Lipinski definition) is 1. The summed E-state index contributed by atoms with van der Waals surface area (Å²) in [6, 6.07) is 10.4. The molecule has 0 atom stereocenters. The molecule has 3 aromatic rings. The van der Waals surface area contributed by atoms with Crippen LogP contribution in [0.4, 0.5) is 9.80 Å². The van der Waals surface area contributed by atoms with Crippen LogP contribution in [0.5, 0.6) is 11.5 Å². The van der Waals surface area contributed by atoms with E-state index in [0.717, 1.165) is 58.3 Å². The molecule has 13 heteroatoms. The highest BCUT2D eigenvalue weighted by atomic mass is 35.5. The van der Waals surface area contributed by atoms with E-state index in [1.807, 2.05) is 13.0 Å². The number of esters is 1. The third-order valence-corrected chi connectivity index (χ3v) is 9.88. The second-order valence-electron chi connectivity index (χ2n) is 10.1. The van der Waals surface area contributed by atoms with Crippen LogP contribution in [0, 0.1) is 0 Å². The number of nitrogens with one attached hydrogen (secondary N) is 1. The molecule has 0 bridgehead atoms. The molecule has 0 saturated carbocycles. The molecular formula is C32H30Cl2N2O7S2. The number of thiophene rings is 1. The van der Waals surface area contributed by atoms with Crippen LogP contribution in [0.2, 0.25) is 10.0 Å². The molecule has 1 aromatic heterocycles. The maximum absolute atomic E-state index is 13.2. The zero-order valence-corrected chi connectivity index (χ0v) is 27.7. The Morgan fingerprint density at radius 1 is 0.978 bits per heavy atom. The van der Waals surface area contributed by atoms with Crippen LogP contribution in [0.25, 0.3) is 6.08 Å². The van der Waals surface area contributed by atoms with Crippen molar-refractivity contribution in [1.82, 2.24) is 4.90 Å². The molecule has 0 radical (unpaired) electrons. The van der Waals surface area contributed by atoms with E-state index in [2.05, 4.69) is 5.32 Å². The van der Waals surface area contributed by atoms with Gasteiger partial charge in [-0.2, -0.15) is 0 Å². The fraction of sp³-hybridized carbons (Fsp3) is 0.312. The number of anilines is 1. The van der Waals surface area contributed by atoms with Crippen LogP contribution in [0.3, 0.4) is 0 Å². The number of thioether (sulfide) groups is 1. The lowest BCUT2D eigenvalue weighted by Gasteiger charge is -2.14. The summed E-state index contributed by atoms with van der Waals surface area (Å²) >= 11 is 14.2. The Kier molecular flexibility index (Phi) is 10.8. The number of fused-ring (bicyclic) bond motifs is 1. The van der Waals surface area contributed by atoms with Gasteiger partial charge in [-0.05, 0) is 98.3 Å². The topological polar surface area (TPSA) is 111 Å². The van der Waals surface area contributed by atoms with Gasteiger partial charge >= 0.3 is 5.97 Å². The number of carbonyl (C=O) groups excluding carboxylic acids is 4. The molecule has 1 aliphatic heterocycles. The predicted molar refractivity (Wildman–Crippen MR) is 177 cm³/mol. The first-order valence-corrected chi connectivity index (χ1v) is 16.8. The summed E-state index contributed by atoms with van der Waals surface area (Å²) < 4.78 is 17.0. The van der Waals surface area contributed by atoms with E-state index >= 15 is 0 Å². The third kappa shape index (κ3) is 7.66. The second-order valence-corrected chi connectivity index (χ2v) is 13.0. The van der Waals surface area contributed by atoms with E-state index in [1.54, 1.807) is 43.3 Å². The number of rotatable bonds is 11. The van der Waals surface area contributed by atoms with E-state index in [-0.39, 0.29) is 18.1 Å².